The van der Waals surface area contributed by atoms with E-state index in [2.05, 4.69) is 10.2 Å². The number of anilines is 2. The van der Waals surface area contributed by atoms with E-state index in [1.165, 1.54) is 7.05 Å². The first kappa shape index (κ1) is 25.6. The van der Waals surface area contributed by atoms with Crippen LogP contribution in [-0.2, 0) is 13.1 Å². The number of carbonyl (C=O) groups excluding carboxylic acids is 1. The van der Waals surface area contributed by atoms with E-state index in [9.17, 15) is 19.1 Å². The molecule has 0 saturated carbocycles. The fraction of sp³-hybridized carbons (Fsp3) is 0.462. The normalized spacial score (nSPS) is 18.2. The molecule has 0 unspecified atom stereocenters. The summed E-state index contributed by atoms with van der Waals surface area (Å²) < 4.78 is 15.6. The van der Waals surface area contributed by atoms with Gasteiger partial charge in [-0.3, -0.25) is 9.69 Å². The number of carbonyl (C=O) groups is 2. The number of fused-ring (bicyclic) bond motifs is 2. The maximum atomic E-state index is 13.8. The van der Waals surface area contributed by atoms with Crippen molar-refractivity contribution in [1.82, 2.24) is 29.6 Å². The van der Waals surface area contributed by atoms with E-state index in [4.69, 9.17) is 9.97 Å². The minimum Gasteiger partial charge on any atom is -0.465 e. The van der Waals surface area contributed by atoms with Crippen LogP contribution in [0.1, 0.15) is 66.6 Å². The number of nitrogens with zero attached hydrogens (tertiary/aromatic N) is 8. The predicted octanol–water partition coefficient (Wildman–Crippen LogP) is 3.87. The lowest BCUT2D eigenvalue weighted by Gasteiger charge is -2.24. The number of rotatable bonds is 7. The zero-order valence-corrected chi connectivity index (χ0v) is 22.1. The van der Waals surface area contributed by atoms with E-state index in [1.807, 2.05) is 37.3 Å². The smallest absolute Gasteiger partial charge is 0.407 e. The Kier molecular flexibility index (Phi) is 6.49. The number of alkyl halides is 1. The summed E-state index contributed by atoms with van der Waals surface area (Å²) >= 11 is 0. The number of hydrogen-bond donors (Lipinski definition) is 1. The second-order valence-corrected chi connectivity index (χ2v) is 10.3. The summed E-state index contributed by atoms with van der Waals surface area (Å²) in [7, 11) is 3.35. The first-order chi connectivity index (χ1) is 18.1. The van der Waals surface area contributed by atoms with Gasteiger partial charge in [-0.05, 0) is 38.5 Å². The zero-order valence-electron chi connectivity index (χ0n) is 22.1. The molecule has 11 nitrogen and oxygen atoms in total. The lowest BCUT2D eigenvalue weighted by Crippen LogP contribution is -2.29. The van der Waals surface area contributed by atoms with Crippen molar-refractivity contribution in [2.75, 3.05) is 30.6 Å². The van der Waals surface area contributed by atoms with Gasteiger partial charge in [0.15, 0.2) is 5.82 Å². The van der Waals surface area contributed by atoms with Gasteiger partial charge in [-0.15, -0.1) is 10.2 Å². The molecule has 0 radical (unpaired) electrons. The molecule has 2 aliphatic heterocycles. The van der Waals surface area contributed by atoms with Gasteiger partial charge < -0.3 is 19.5 Å². The van der Waals surface area contributed by atoms with Gasteiger partial charge in [0.1, 0.15) is 29.8 Å². The molecule has 1 N–H and O–H groups in total. The standard InChI is InChI=1S/C26H31FN8O3/c1-14(2)33(5)22-10-17-18(20(29-22)13-32(4)26(37)38)12-34(25(17)36)21-8-6-7-19(28-21)24-31-30-23-15(3)9-16(11-27)35(23)24/h6-8,10,14-16H,9,11-13H2,1-5H3,(H,37,38)/t15-,16-/m1/s1. The number of hydrogen-bond acceptors (Lipinski definition) is 7. The van der Waals surface area contributed by atoms with Gasteiger partial charge in [0.05, 0.1) is 30.4 Å². The molecule has 0 aliphatic carbocycles. The van der Waals surface area contributed by atoms with Crippen molar-refractivity contribution in [1.29, 1.82) is 0 Å². The van der Waals surface area contributed by atoms with E-state index >= 15 is 0 Å². The van der Waals surface area contributed by atoms with Crippen molar-refractivity contribution in [3.05, 3.63) is 46.9 Å². The van der Waals surface area contributed by atoms with E-state index in [1.54, 1.807) is 29.2 Å². The fourth-order valence-electron chi connectivity index (χ4n) is 5.03. The van der Waals surface area contributed by atoms with Crippen LogP contribution < -0.4 is 9.80 Å². The van der Waals surface area contributed by atoms with Crippen molar-refractivity contribution in [3.63, 3.8) is 0 Å². The van der Waals surface area contributed by atoms with Crippen LogP contribution in [0.25, 0.3) is 11.5 Å². The molecule has 2 amide bonds. The Labute approximate surface area is 219 Å². The number of halogens is 1. The second-order valence-electron chi connectivity index (χ2n) is 10.3. The Morgan fingerprint density at radius 2 is 2.00 bits per heavy atom. The van der Waals surface area contributed by atoms with E-state index in [0.717, 1.165) is 10.7 Å². The number of carboxylic acid groups (broad SMARTS) is 1. The molecule has 2 aliphatic rings. The summed E-state index contributed by atoms with van der Waals surface area (Å²) in [6.07, 6.45) is -0.428. The molecule has 0 fully saturated rings. The first-order valence-corrected chi connectivity index (χ1v) is 12.6. The number of pyridine rings is 2. The Morgan fingerprint density at radius 3 is 2.68 bits per heavy atom. The molecule has 5 rings (SSSR count). The van der Waals surface area contributed by atoms with E-state index in [0.29, 0.717) is 46.4 Å². The van der Waals surface area contributed by atoms with Crippen molar-refractivity contribution in [2.24, 2.45) is 0 Å². The van der Waals surface area contributed by atoms with Gasteiger partial charge in [-0.2, -0.15) is 0 Å². The summed E-state index contributed by atoms with van der Waals surface area (Å²) in [6, 6.07) is 6.83. The van der Waals surface area contributed by atoms with Crippen molar-refractivity contribution >= 4 is 23.6 Å². The molecule has 38 heavy (non-hydrogen) atoms. The lowest BCUT2D eigenvalue weighted by molar-refractivity contribution is 0.0996. The van der Waals surface area contributed by atoms with Crippen LogP contribution in [0.2, 0.25) is 0 Å². The molecule has 0 spiro atoms. The Balaban J connectivity index is 1.53. The van der Waals surface area contributed by atoms with Crippen LogP contribution in [-0.4, -0.2) is 73.6 Å². The van der Waals surface area contributed by atoms with Crippen LogP contribution in [0.5, 0.6) is 0 Å². The lowest BCUT2D eigenvalue weighted by atomic mass is 10.1. The van der Waals surface area contributed by atoms with Gasteiger partial charge in [0.2, 0.25) is 0 Å². The molecule has 3 aromatic heterocycles. The quantitative estimate of drug-likeness (QED) is 0.497. The summed E-state index contributed by atoms with van der Waals surface area (Å²) in [4.78, 5) is 39.3. The SMILES string of the molecule is CC(C)N(C)c1cc2c(c(CN(C)C(=O)O)n1)CN(c1cccc(-c3nnc4n3[C@@H](CF)C[C@H]4C)n1)C2=O. The Morgan fingerprint density at radius 1 is 1.24 bits per heavy atom. The molecule has 2 atom stereocenters. The predicted molar refractivity (Wildman–Crippen MR) is 139 cm³/mol. The van der Waals surface area contributed by atoms with Gasteiger partial charge >= 0.3 is 6.09 Å². The van der Waals surface area contributed by atoms with Gasteiger partial charge in [-0.1, -0.05) is 13.0 Å². The van der Waals surface area contributed by atoms with Crippen molar-refractivity contribution in [3.8, 4) is 11.5 Å². The third kappa shape index (κ3) is 4.23. The van der Waals surface area contributed by atoms with Crippen LogP contribution in [0, 0.1) is 0 Å². The number of aromatic nitrogens is 5. The maximum absolute atomic E-state index is 13.8. The highest BCUT2D eigenvalue weighted by Crippen LogP contribution is 2.39. The van der Waals surface area contributed by atoms with Crippen LogP contribution in [0.4, 0.5) is 20.8 Å². The largest absolute Gasteiger partial charge is 0.465 e. The third-order valence-electron chi connectivity index (χ3n) is 7.41. The van der Waals surface area contributed by atoms with Crippen LogP contribution in [0.3, 0.4) is 0 Å². The average Bonchev–Trinajstić information content (AvgIpc) is 3.57. The summed E-state index contributed by atoms with van der Waals surface area (Å²) in [6.45, 7) is 5.75. The van der Waals surface area contributed by atoms with Crippen LogP contribution >= 0.6 is 0 Å². The summed E-state index contributed by atoms with van der Waals surface area (Å²) in [5.41, 5.74) is 2.17. The Bertz CT molecular complexity index is 1410. The molecular weight excluding hydrogens is 491 g/mol. The first-order valence-electron chi connectivity index (χ1n) is 12.6. The maximum Gasteiger partial charge on any atom is 0.407 e. The highest BCUT2D eigenvalue weighted by atomic mass is 19.1. The molecular formula is C26H31FN8O3. The molecule has 0 aromatic carbocycles. The zero-order chi connectivity index (χ0) is 27.3. The molecule has 0 saturated heterocycles. The van der Waals surface area contributed by atoms with Gasteiger partial charge in [-0.25, -0.2) is 19.2 Å². The third-order valence-corrected chi connectivity index (χ3v) is 7.41. The molecule has 12 heteroatoms. The van der Waals surface area contributed by atoms with Crippen molar-refractivity contribution in [2.45, 2.75) is 58.3 Å². The highest BCUT2D eigenvalue weighted by Gasteiger charge is 2.36. The molecule has 5 heterocycles. The van der Waals surface area contributed by atoms with Crippen LogP contribution in [0.15, 0.2) is 24.3 Å². The minimum absolute atomic E-state index is 0.0424. The summed E-state index contributed by atoms with van der Waals surface area (Å²) in [5, 5.41) is 18.0. The average molecular weight is 523 g/mol. The topological polar surface area (TPSA) is 121 Å². The molecule has 3 aromatic rings. The molecule has 200 valence electrons. The molecule has 0 bridgehead atoms. The second kappa shape index (κ2) is 9.66. The number of amides is 2. The highest BCUT2D eigenvalue weighted by molar-refractivity contribution is 6.10. The van der Waals surface area contributed by atoms with E-state index < -0.39 is 12.8 Å². The van der Waals surface area contributed by atoms with E-state index in [-0.39, 0.29) is 37.0 Å². The van der Waals surface area contributed by atoms with Gasteiger partial charge in [0, 0.05) is 31.6 Å². The van der Waals surface area contributed by atoms with Crippen molar-refractivity contribution < 1.29 is 19.1 Å². The summed E-state index contributed by atoms with van der Waals surface area (Å²) in [5.74, 6) is 2.08. The van der Waals surface area contributed by atoms with Gasteiger partial charge in [0.25, 0.3) is 5.91 Å². The monoisotopic (exact) mass is 522 g/mol. The Hall–Kier alpha value is -4.09. The minimum atomic E-state index is -1.08. The fourth-order valence-corrected chi connectivity index (χ4v) is 5.03.